The van der Waals surface area contributed by atoms with Crippen molar-refractivity contribution in [2.45, 2.75) is 12.8 Å². The number of hydrogen-bond donors (Lipinski definition) is 2. The molecule has 0 bridgehead atoms. The van der Waals surface area contributed by atoms with Gasteiger partial charge in [0.1, 0.15) is 0 Å². The largest absolute Gasteiger partial charge is 0.462 e. The standard InChI is InChI=1S/C12H16N2O3/c1-14-11(15)3-2-8-17-12(16)9-4-6-10(13)7-5-9/h4-7H,2-3,8,13H2,1H3,(H,14,15). The number of nitrogens with two attached hydrogens (primary N) is 1. The fraction of sp³-hybridized carbons (Fsp3) is 0.333. The third-order valence-corrected chi connectivity index (χ3v) is 2.21. The topological polar surface area (TPSA) is 81.4 Å². The monoisotopic (exact) mass is 236 g/mol. The van der Waals surface area contributed by atoms with Crippen LogP contribution in [-0.2, 0) is 9.53 Å². The molecule has 0 heterocycles. The first-order valence-corrected chi connectivity index (χ1v) is 5.36. The molecule has 0 aliphatic heterocycles. The lowest BCUT2D eigenvalue weighted by atomic mass is 10.2. The summed E-state index contributed by atoms with van der Waals surface area (Å²) in [7, 11) is 1.57. The van der Waals surface area contributed by atoms with Crippen LogP contribution in [0.15, 0.2) is 24.3 Å². The zero-order chi connectivity index (χ0) is 12.7. The van der Waals surface area contributed by atoms with Crippen molar-refractivity contribution in [1.82, 2.24) is 5.32 Å². The van der Waals surface area contributed by atoms with Crippen LogP contribution in [0.2, 0.25) is 0 Å². The molecular weight excluding hydrogens is 220 g/mol. The number of benzene rings is 1. The molecule has 0 saturated carbocycles. The van der Waals surface area contributed by atoms with Crippen molar-refractivity contribution in [1.29, 1.82) is 0 Å². The van der Waals surface area contributed by atoms with Crippen LogP contribution in [0, 0.1) is 0 Å². The number of anilines is 1. The van der Waals surface area contributed by atoms with Gasteiger partial charge < -0.3 is 15.8 Å². The number of hydrogen-bond acceptors (Lipinski definition) is 4. The summed E-state index contributed by atoms with van der Waals surface area (Å²) in [6.45, 7) is 0.233. The molecule has 1 amide bonds. The zero-order valence-electron chi connectivity index (χ0n) is 9.73. The maximum atomic E-state index is 11.5. The van der Waals surface area contributed by atoms with Gasteiger partial charge in [-0.3, -0.25) is 4.79 Å². The van der Waals surface area contributed by atoms with E-state index in [1.165, 1.54) is 0 Å². The average molecular weight is 236 g/mol. The Labute approximate surface area is 99.9 Å². The van der Waals surface area contributed by atoms with Crippen molar-refractivity contribution in [3.8, 4) is 0 Å². The van der Waals surface area contributed by atoms with E-state index in [0.29, 0.717) is 24.1 Å². The molecule has 0 atom stereocenters. The highest BCUT2D eigenvalue weighted by Gasteiger charge is 2.06. The normalized spacial score (nSPS) is 9.71. The summed E-state index contributed by atoms with van der Waals surface area (Å²) >= 11 is 0. The number of nitrogen functional groups attached to an aromatic ring is 1. The van der Waals surface area contributed by atoms with Crippen LogP contribution >= 0.6 is 0 Å². The van der Waals surface area contributed by atoms with Crippen molar-refractivity contribution in [2.75, 3.05) is 19.4 Å². The zero-order valence-corrected chi connectivity index (χ0v) is 9.73. The van der Waals surface area contributed by atoms with Crippen LogP contribution in [0.25, 0.3) is 0 Å². The van der Waals surface area contributed by atoms with Gasteiger partial charge >= 0.3 is 5.97 Å². The molecule has 3 N–H and O–H groups in total. The quantitative estimate of drug-likeness (QED) is 0.453. The highest BCUT2D eigenvalue weighted by Crippen LogP contribution is 2.07. The second-order valence-electron chi connectivity index (χ2n) is 3.53. The van der Waals surface area contributed by atoms with Gasteiger partial charge in [-0.15, -0.1) is 0 Å². The molecule has 0 radical (unpaired) electrons. The molecular formula is C12H16N2O3. The van der Waals surface area contributed by atoms with Crippen molar-refractivity contribution < 1.29 is 14.3 Å². The van der Waals surface area contributed by atoms with Gasteiger partial charge in [-0.25, -0.2) is 4.79 Å². The van der Waals surface area contributed by atoms with Crippen LogP contribution in [0.4, 0.5) is 5.69 Å². The van der Waals surface area contributed by atoms with E-state index in [4.69, 9.17) is 10.5 Å². The predicted octanol–water partition coefficient (Wildman–Crippen LogP) is 0.952. The molecule has 0 aliphatic carbocycles. The van der Waals surface area contributed by atoms with E-state index in [9.17, 15) is 9.59 Å². The van der Waals surface area contributed by atoms with Gasteiger partial charge in [0.05, 0.1) is 12.2 Å². The number of carbonyl (C=O) groups is 2. The predicted molar refractivity (Wildman–Crippen MR) is 64.4 cm³/mol. The smallest absolute Gasteiger partial charge is 0.338 e. The van der Waals surface area contributed by atoms with Crippen molar-refractivity contribution in [2.24, 2.45) is 0 Å². The second kappa shape index (κ2) is 6.52. The summed E-state index contributed by atoms with van der Waals surface area (Å²) in [5, 5.41) is 2.50. The number of nitrogens with one attached hydrogen (secondary N) is 1. The summed E-state index contributed by atoms with van der Waals surface area (Å²) in [6.07, 6.45) is 0.867. The Morgan fingerprint density at radius 2 is 1.94 bits per heavy atom. The van der Waals surface area contributed by atoms with E-state index in [0.717, 1.165) is 0 Å². The average Bonchev–Trinajstić information content (AvgIpc) is 2.34. The van der Waals surface area contributed by atoms with E-state index >= 15 is 0 Å². The first-order valence-electron chi connectivity index (χ1n) is 5.36. The van der Waals surface area contributed by atoms with E-state index in [1.54, 1.807) is 31.3 Å². The van der Waals surface area contributed by atoms with Gasteiger partial charge in [0.2, 0.25) is 5.91 Å². The lowest BCUT2D eigenvalue weighted by molar-refractivity contribution is -0.120. The van der Waals surface area contributed by atoms with Crippen LogP contribution in [-0.4, -0.2) is 25.5 Å². The number of esters is 1. The van der Waals surface area contributed by atoms with Crippen molar-refractivity contribution in [3.05, 3.63) is 29.8 Å². The molecule has 17 heavy (non-hydrogen) atoms. The van der Waals surface area contributed by atoms with Crippen LogP contribution in [0.3, 0.4) is 0 Å². The van der Waals surface area contributed by atoms with Gasteiger partial charge in [-0.1, -0.05) is 0 Å². The molecule has 1 aromatic rings. The summed E-state index contributed by atoms with van der Waals surface area (Å²) in [5.74, 6) is -0.463. The highest BCUT2D eigenvalue weighted by molar-refractivity contribution is 5.89. The second-order valence-corrected chi connectivity index (χ2v) is 3.53. The molecule has 5 heteroatoms. The van der Waals surface area contributed by atoms with E-state index in [2.05, 4.69) is 5.32 Å². The van der Waals surface area contributed by atoms with Crippen LogP contribution in [0.5, 0.6) is 0 Å². The van der Waals surface area contributed by atoms with E-state index in [1.807, 2.05) is 0 Å². The molecule has 0 fully saturated rings. The van der Waals surface area contributed by atoms with Gasteiger partial charge in [0, 0.05) is 19.2 Å². The van der Waals surface area contributed by atoms with Crippen molar-refractivity contribution >= 4 is 17.6 Å². The molecule has 0 saturated heterocycles. The summed E-state index contributed by atoms with van der Waals surface area (Å²) in [6, 6.07) is 6.50. The molecule has 92 valence electrons. The number of carbonyl (C=O) groups excluding carboxylic acids is 2. The highest BCUT2D eigenvalue weighted by atomic mass is 16.5. The molecule has 0 spiro atoms. The number of amides is 1. The minimum atomic E-state index is -0.401. The Bertz CT molecular complexity index is 387. The lowest BCUT2D eigenvalue weighted by Gasteiger charge is -2.04. The Morgan fingerprint density at radius 3 is 2.53 bits per heavy atom. The van der Waals surface area contributed by atoms with Gasteiger partial charge in [0.25, 0.3) is 0 Å². The van der Waals surface area contributed by atoms with E-state index in [-0.39, 0.29) is 12.5 Å². The fourth-order valence-corrected chi connectivity index (χ4v) is 1.23. The Kier molecular flexibility index (Phi) is 5.00. The summed E-state index contributed by atoms with van der Waals surface area (Å²) in [4.78, 5) is 22.4. The first-order chi connectivity index (χ1) is 8.13. The maximum absolute atomic E-state index is 11.5. The first kappa shape index (κ1) is 13.0. The van der Waals surface area contributed by atoms with Crippen LogP contribution in [0.1, 0.15) is 23.2 Å². The molecule has 1 aromatic carbocycles. The Hall–Kier alpha value is -2.04. The Morgan fingerprint density at radius 1 is 1.29 bits per heavy atom. The third kappa shape index (κ3) is 4.55. The molecule has 1 rings (SSSR count). The minimum Gasteiger partial charge on any atom is -0.462 e. The van der Waals surface area contributed by atoms with Gasteiger partial charge in [0.15, 0.2) is 0 Å². The molecule has 0 unspecified atom stereocenters. The van der Waals surface area contributed by atoms with Gasteiger partial charge in [-0.2, -0.15) is 0 Å². The summed E-state index contributed by atoms with van der Waals surface area (Å²) < 4.78 is 5.00. The van der Waals surface area contributed by atoms with Crippen molar-refractivity contribution in [3.63, 3.8) is 0 Å². The number of ether oxygens (including phenoxy) is 1. The summed E-state index contributed by atoms with van der Waals surface area (Å²) in [5.41, 5.74) is 6.56. The van der Waals surface area contributed by atoms with E-state index < -0.39 is 5.97 Å². The third-order valence-electron chi connectivity index (χ3n) is 2.21. The molecule has 0 aliphatic rings. The lowest BCUT2D eigenvalue weighted by Crippen LogP contribution is -2.18. The molecule has 5 nitrogen and oxygen atoms in total. The minimum absolute atomic E-state index is 0.0615. The fourth-order valence-electron chi connectivity index (χ4n) is 1.23. The molecule has 0 aromatic heterocycles. The number of rotatable bonds is 5. The SMILES string of the molecule is CNC(=O)CCCOC(=O)c1ccc(N)cc1. The maximum Gasteiger partial charge on any atom is 0.338 e. The van der Waals surface area contributed by atoms with Crippen LogP contribution < -0.4 is 11.1 Å². The Balaban J connectivity index is 2.30. The van der Waals surface area contributed by atoms with Gasteiger partial charge in [-0.05, 0) is 30.7 Å².